The highest BCUT2D eigenvalue weighted by Gasteiger charge is 2.53. The summed E-state index contributed by atoms with van der Waals surface area (Å²) in [4.78, 5) is 7.25. The topological polar surface area (TPSA) is 107 Å². The van der Waals surface area contributed by atoms with Crippen LogP contribution < -0.4 is 11.1 Å². The molecule has 9 rings (SSSR count). The quantitative estimate of drug-likeness (QED) is 0.351. The first kappa shape index (κ1) is 24.9. The van der Waals surface area contributed by atoms with Crippen LogP contribution in [0.15, 0.2) is 48.5 Å². The van der Waals surface area contributed by atoms with Crippen LogP contribution in [-0.4, -0.2) is 61.7 Å². The third-order valence-corrected chi connectivity index (χ3v) is 9.83. The van der Waals surface area contributed by atoms with Crippen molar-refractivity contribution in [2.75, 3.05) is 24.7 Å². The molecule has 2 aromatic carbocycles. The number of anilines is 3. The number of benzene rings is 2. The van der Waals surface area contributed by atoms with Crippen molar-refractivity contribution in [3.05, 3.63) is 70.8 Å². The molecule has 210 valence electrons. The number of nitrogen functional groups attached to an aromatic ring is 1. The Hall–Kier alpha value is -3.82. The second kappa shape index (κ2) is 9.92. The van der Waals surface area contributed by atoms with Gasteiger partial charge in [0.15, 0.2) is 5.82 Å². The van der Waals surface area contributed by atoms with E-state index in [1.54, 1.807) is 4.68 Å². The fraction of sp³-hybridized carbons (Fsp3) is 0.438. The van der Waals surface area contributed by atoms with Crippen LogP contribution in [-0.2, 0) is 30.4 Å². The molecule has 2 aliphatic heterocycles. The van der Waals surface area contributed by atoms with Crippen LogP contribution >= 0.6 is 0 Å². The molecule has 3 aliphatic carbocycles. The highest BCUT2D eigenvalue weighted by molar-refractivity contribution is 5.68. The SMILES string of the molecule is CO[C@H]1C2CC1N([C@@H]1CCc3ccc(Nc4nc(N)n(-c5cc6c(nn5)-c5ccccc5CCC6)n4)cc3CC1)C2. The number of aryl methyl sites for hydroxylation is 4. The van der Waals surface area contributed by atoms with Gasteiger partial charge < -0.3 is 15.8 Å². The Kier molecular flexibility index (Phi) is 6.03. The van der Waals surface area contributed by atoms with Gasteiger partial charge in [-0.2, -0.15) is 9.67 Å². The Morgan fingerprint density at radius 2 is 1.78 bits per heavy atom. The minimum absolute atomic E-state index is 0.284. The molecule has 2 bridgehead atoms. The first-order valence-electron chi connectivity index (χ1n) is 15.0. The molecule has 3 N–H and O–H groups in total. The third kappa shape index (κ3) is 4.30. The van der Waals surface area contributed by atoms with Gasteiger partial charge in [0.05, 0.1) is 11.8 Å². The molecule has 2 unspecified atom stereocenters. The van der Waals surface area contributed by atoms with E-state index in [-0.39, 0.29) is 5.95 Å². The second-order valence-electron chi connectivity index (χ2n) is 12.1. The average Bonchev–Trinajstić information content (AvgIpc) is 3.59. The third-order valence-electron chi connectivity index (χ3n) is 9.83. The molecule has 41 heavy (non-hydrogen) atoms. The predicted octanol–water partition coefficient (Wildman–Crippen LogP) is 4.51. The molecule has 4 atom stereocenters. The summed E-state index contributed by atoms with van der Waals surface area (Å²) in [6.45, 7) is 1.20. The van der Waals surface area contributed by atoms with E-state index in [0.29, 0.717) is 30.0 Å². The maximum absolute atomic E-state index is 6.32. The number of fused-ring (bicyclic) bond motifs is 5. The zero-order chi connectivity index (χ0) is 27.5. The van der Waals surface area contributed by atoms with Crippen LogP contribution in [0.25, 0.3) is 17.1 Å². The molecule has 0 spiro atoms. The number of aromatic nitrogens is 5. The smallest absolute Gasteiger partial charge is 0.248 e. The Labute approximate surface area is 240 Å². The fourth-order valence-electron chi connectivity index (χ4n) is 7.73. The lowest BCUT2D eigenvalue weighted by atomic mass is 9.82. The van der Waals surface area contributed by atoms with Crippen molar-refractivity contribution in [2.45, 2.75) is 69.6 Å². The number of nitrogens with one attached hydrogen (secondary N) is 1. The summed E-state index contributed by atoms with van der Waals surface area (Å²) in [5.41, 5.74) is 14.8. The summed E-state index contributed by atoms with van der Waals surface area (Å²) in [5.74, 6) is 2.06. The molecular weight excluding hydrogens is 512 g/mol. The van der Waals surface area contributed by atoms with Gasteiger partial charge in [-0.05, 0) is 91.8 Å². The molecule has 4 heterocycles. The van der Waals surface area contributed by atoms with E-state index in [1.165, 1.54) is 48.1 Å². The van der Waals surface area contributed by atoms with Gasteiger partial charge in [0.25, 0.3) is 0 Å². The summed E-state index contributed by atoms with van der Waals surface area (Å²) in [5, 5.41) is 17.2. The minimum atomic E-state index is 0.284. The maximum atomic E-state index is 6.32. The van der Waals surface area contributed by atoms with Gasteiger partial charge >= 0.3 is 0 Å². The van der Waals surface area contributed by atoms with Gasteiger partial charge in [-0.15, -0.1) is 15.3 Å². The summed E-state index contributed by atoms with van der Waals surface area (Å²) >= 11 is 0. The first-order chi connectivity index (χ1) is 20.1. The van der Waals surface area contributed by atoms with Crippen molar-refractivity contribution in [2.24, 2.45) is 5.92 Å². The Balaban J connectivity index is 0.991. The number of hydrogen-bond acceptors (Lipinski definition) is 8. The van der Waals surface area contributed by atoms with Crippen LogP contribution in [0.5, 0.6) is 0 Å². The number of rotatable bonds is 5. The van der Waals surface area contributed by atoms with Crippen LogP contribution in [0, 0.1) is 5.92 Å². The van der Waals surface area contributed by atoms with E-state index in [9.17, 15) is 0 Å². The molecular formula is C32H36N8O. The Morgan fingerprint density at radius 3 is 2.66 bits per heavy atom. The summed E-state index contributed by atoms with van der Waals surface area (Å²) in [6, 6.07) is 18.4. The highest BCUT2D eigenvalue weighted by atomic mass is 16.5. The molecule has 9 heteroatoms. The van der Waals surface area contributed by atoms with E-state index in [2.05, 4.69) is 79.0 Å². The van der Waals surface area contributed by atoms with E-state index in [0.717, 1.165) is 55.0 Å². The second-order valence-corrected chi connectivity index (χ2v) is 12.1. The van der Waals surface area contributed by atoms with Crippen LogP contribution in [0.1, 0.15) is 47.9 Å². The zero-order valence-corrected chi connectivity index (χ0v) is 23.5. The number of nitrogens with two attached hydrogens (primary N) is 1. The lowest BCUT2D eigenvalue weighted by molar-refractivity contribution is -0.0234. The lowest BCUT2D eigenvalue weighted by Crippen LogP contribution is -2.47. The molecule has 0 radical (unpaired) electrons. The predicted molar refractivity (Wildman–Crippen MR) is 158 cm³/mol. The molecule has 5 aliphatic rings. The molecule has 3 fully saturated rings. The van der Waals surface area contributed by atoms with Crippen LogP contribution in [0.4, 0.5) is 17.6 Å². The van der Waals surface area contributed by atoms with Crippen molar-refractivity contribution < 1.29 is 4.74 Å². The summed E-state index contributed by atoms with van der Waals surface area (Å²) in [6.07, 6.45) is 9.41. The van der Waals surface area contributed by atoms with Crippen molar-refractivity contribution >= 4 is 17.6 Å². The van der Waals surface area contributed by atoms with Crippen molar-refractivity contribution in [3.63, 3.8) is 0 Å². The zero-order valence-electron chi connectivity index (χ0n) is 23.5. The number of methoxy groups -OCH3 is 1. The van der Waals surface area contributed by atoms with Crippen LogP contribution in [0.2, 0.25) is 0 Å². The van der Waals surface area contributed by atoms with Gasteiger partial charge in [-0.1, -0.05) is 30.3 Å². The van der Waals surface area contributed by atoms with Crippen molar-refractivity contribution in [1.29, 1.82) is 0 Å². The molecule has 2 aromatic heterocycles. The summed E-state index contributed by atoms with van der Waals surface area (Å²) < 4.78 is 7.34. The highest BCUT2D eigenvalue weighted by Crippen LogP contribution is 2.45. The summed E-state index contributed by atoms with van der Waals surface area (Å²) in [7, 11) is 1.87. The Morgan fingerprint density at radius 1 is 0.927 bits per heavy atom. The lowest BCUT2D eigenvalue weighted by Gasteiger charge is -2.38. The molecule has 4 aromatic rings. The Bertz CT molecular complexity index is 1620. The standard InChI is InChI=1S/C32H36N8O/c1-41-30-23-16-27(30)39(18-23)25-13-10-19-9-12-24(15-21(19)11-14-25)34-32-35-31(33)40(38-32)28-17-22-7-4-6-20-5-2-3-8-26(20)29(22)37-36-28/h2-3,5,8-9,12,15,17,23,25,27,30H,4,6-7,10-11,13-14,16,18H2,1H3,(H3,33,34,35,38)/t23?,25-,27?,30+/m1/s1. The fourth-order valence-corrected chi connectivity index (χ4v) is 7.73. The van der Waals surface area contributed by atoms with Gasteiger partial charge in [-0.3, -0.25) is 4.90 Å². The normalized spacial score (nSPS) is 24.9. The monoisotopic (exact) mass is 548 g/mol. The molecule has 2 saturated heterocycles. The van der Waals surface area contributed by atoms with E-state index < -0.39 is 0 Å². The van der Waals surface area contributed by atoms with Crippen molar-refractivity contribution in [3.8, 4) is 17.1 Å². The van der Waals surface area contributed by atoms with Crippen LogP contribution in [0.3, 0.4) is 0 Å². The van der Waals surface area contributed by atoms with Gasteiger partial charge in [0, 0.05) is 42.9 Å². The van der Waals surface area contributed by atoms with E-state index >= 15 is 0 Å². The van der Waals surface area contributed by atoms with Gasteiger partial charge in [0.1, 0.15) is 0 Å². The largest absolute Gasteiger partial charge is 0.379 e. The number of nitrogens with zero attached hydrogens (tertiary/aromatic N) is 6. The molecule has 1 saturated carbocycles. The molecule has 0 amide bonds. The van der Waals surface area contributed by atoms with E-state index in [4.69, 9.17) is 10.5 Å². The average molecular weight is 549 g/mol. The van der Waals surface area contributed by atoms with Crippen molar-refractivity contribution in [1.82, 2.24) is 29.9 Å². The van der Waals surface area contributed by atoms with Gasteiger partial charge in [0.2, 0.25) is 11.9 Å². The first-order valence-corrected chi connectivity index (χ1v) is 15.0. The minimum Gasteiger partial charge on any atom is -0.379 e. The maximum Gasteiger partial charge on any atom is 0.248 e. The molecule has 9 nitrogen and oxygen atoms in total. The number of ether oxygens (including phenoxy) is 1. The van der Waals surface area contributed by atoms with E-state index in [1.807, 2.05) is 7.11 Å². The number of hydrogen-bond donors (Lipinski definition) is 2. The van der Waals surface area contributed by atoms with Gasteiger partial charge in [-0.25, -0.2) is 0 Å².